The van der Waals surface area contributed by atoms with Crippen molar-refractivity contribution in [3.63, 3.8) is 0 Å². The minimum absolute atomic E-state index is 0.168. The average molecular weight is 520 g/mol. The molecule has 6 rings (SSSR count). The summed E-state index contributed by atoms with van der Waals surface area (Å²) in [6, 6.07) is 22.8. The molecule has 1 saturated carbocycles. The van der Waals surface area contributed by atoms with Crippen LogP contribution in [0.4, 0.5) is 0 Å². The Hall–Kier alpha value is -4.11. The Kier molecular flexibility index (Phi) is 5.75. The van der Waals surface area contributed by atoms with Crippen LogP contribution in [0, 0.1) is 17.8 Å². The normalized spacial score (nSPS) is 15.6. The number of nitrogens with one attached hydrogen (secondary N) is 1. The van der Waals surface area contributed by atoms with E-state index < -0.39 is 11.0 Å². The van der Waals surface area contributed by atoms with E-state index in [1.54, 1.807) is 18.6 Å². The smallest absolute Gasteiger partial charge is 0.249 e. The van der Waals surface area contributed by atoms with Crippen molar-refractivity contribution in [1.29, 1.82) is 0 Å². The number of benzene rings is 3. The van der Waals surface area contributed by atoms with Gasteiger partial charge in [0, 0.05) is 40.0 Å². The molecule has 2 aromatic heterocycles. The molecule has 6 heteroatoms. The summed E-state index contributed by atoms with van der Waals surface area (Å²) < 4.78 is 1.89. The van der Waals surface area contributed by atoms with Crippen LogP contribution < -0.4 is 5.56 Å². The molecule has 2 heterocycles. The van der Waals surface area contributed by atoms with E-state index in [1.807, 2.05) is 72.3 Å². The van der Waals surface area contributed by atoms with Gasteiger partial charge in [-0.25, -0.2) is 4.98 Å². The summed E-state index contributed by atoms with van der Waals surface area (Å²) in [5.41, 5.74) is 3.99. The number of aromatic nitrogens is 3. The summed E-state index contributed by atoms with van der Waals surface area (Å²) in [7, 11) is 1.91. The quantitative estimate of drug-likeness (QED) is 0.278. The van der Waals surface area contributed by atoms with Crippen LogP contribution in [0.5, 0.6) is 0 Å². The Morgan fingerprint density at radius 2 is 1.92 bits per heavy atom. The van der Waals surface area contributed by atoms with Gasteiger partial charge in [0.15, 0.2) is 0 Å². The van der Waals surface area contributed by atoms with Crippen molar-refractivity contribution < 1.29 is 5.11 Å². The number of nitrogens with zero attached hydrogens (tertiary/aromatic N) is 2. The Labute approximate surface area is 225 Å². The molecular formula is C32H26ClN3O2. The molecule has 1 unspecified atom stereocenters. The fraction of sp³-hybridized carbons (Fsp3) is 0.188. The van der Waals surface area contributed by atoms with Gasteiger partial charge in [-0.2, -0.15) is 0 Å². The van der Waals surface area contributed by atoms with E-state index in [1.165, 1.54) is 0 Å². The first-order chi connectivity index (χ1) is 18.3. The molecule has 3 aromatic carbocycles. The fourth-order valence-electron chi connectivity index (χ4n) is 5.76. The van der Waals surface area contributed by atoms with Gasteiger partial charge < -0.3 is 14.7 Å². The highest BCUT2D eigenvalue weighted by Crippen LogP contribution is 2.62. The van der Waals surface area contributed by atoms with Crippen molar-refractivity contribution in [1.82, 2.24) is 14.5 Å². The van der Waals surface area contributed by atoms with Gasteiger partial charge in [0.1, 0.15) is 5.60 Å². The van der Waals surface area contributed by atoms with Gasteiger partial charge in [0.2, 0.25) is 5.56 Å². The van der Waals surface area contributed by atoms with Crippen molar-refractivity contribution in [2.45, 2.75) is 24.9 Å². The van der Waals surface area contributed by atoms with Crippen LogP contribution in [-0.4, -0.2) is 19.6 Å². The molecule has 1 aliphatic carbocycles. The minimum Gasteiger partial charge on any atom is -0.378 e. The van der Waals surface area contributed by atoms with E-state index >= 15 is 0 Å². The Morgan fingerprint density at radius 1 is 1.13 bits per heavy atom. The summed E-state index contributed by atoms with van der Waals surface area (Å²) in [6.07, 6.45) is 11.5. The van der Waals surface area contributed by atoms with Crippen LogP contribution in [0.3, 0.4) is 0 Å². The highest BCUT2D eigenvalue weighted by Gasteiger charge is 2.61. The molecule has 188 valence electrons. The molecule has 0 amide bonds. The Morgan fingerprint density at radius 3 is 2.61 bits per heavy atom. The summed E-state index contributed by atoms with van der Waals surface area (Å²) >= 11 is 6.19. The molecule has 1 atom stereocenters. The van der Waals surface area contributed by atoms with Crippen molar-refractivity contribution in [2.24, 2.45) is 12.5 Å². The topological polar surface area (TPSA) is 70.9 Å². The summed E-state index contributed by atoms with van der Waals surface area (Å²) in [6.45, 7) is 0. The maximum absolute atomic E-state index is 12.5. The molecule has 0 bridgehead atoms. The van der Waals surface area contributed by atoms with Crippen LogP contribution >= 0.6 is 11.6 Å². The number of aliphatic hydroxyl groups is 1. The molecular weight excluding hydrogens is 494 g/mol. The van der Waals surface area contributed by atoms with E-state index in [0.717, 1.165) is 57.3 Å². The largest absolute Gasteiger partial charge is 0.378 e. The number of H-pyrrole nitrogens is 1. The van der Waals surface area contributed by atoms with Gasteiger partial charge in [-0.05, 0) is 77.9 Å². The maximum atomic E-state index is 12.5. The number of imidazole rings is 1. The first-order valence-corrected chi connectivity index (χ1v) is 12.9. The van der Waals surface area contributed by atoms with Crippen molar-refractivity contribution in [2.75, 3.05) is 0 Å². The van der Waals surface area contributed by atoms with E-state index in [9.17, 15) is 9.90 Å². The SMILES string of the molecule is C#Cc1cccc(-c2cc(=O)[nH]c3ccc(CC4(C(O)(c5ccc(Cl)cc5)c5cncn5C)CC4)cc23)c1. The molecule has 2 N–H and O–H groups in total. The number of pyridine rings is 1. The van der Waals surface area contributed by atoms with Crippen molar-refractivity contribution >= 4 is 22.5 Å². The molecule has 1 fully saturated rings. The first kappa shape index (κ1) is 24.2. The van der Waals surface area contributed by atoms with E-state index in [0.29, 0.717) is 11.4 Å². The fourth-order valence-corrected chi connectivity index (χ4v) is 5.88. The average Bonchev–Trinajstić information content (AvgIpc) is 3.59. The number of aryl methyl sites for hydroxylation is 1. The number of fused-ring (bicyclic) bond motifs is 1. The Bertz CT molecular complexity index is 1770. The van der Waals surface area contributed by atoms with Gasteiger partial charge >= 0.3 is 0 Å². The molecule has 38 heavy (non-hydrogen) atoms. The van der Waals surface area contributed by atoms with Crippen LogP contribution in [0.15, 0.2) is 90.1 Å². The van der Waals surface area contributed by atoms with Gasteiger partial charge in [-0.15, -0.1) is 6.42 Å². The third kappa shape index (κ3) is 3.94. The highest BCUT2D eigenvalue weighted by molar-refractivity contribution is 6.30. The zero-order chi connectivity index (χ0) is 26.5. The van der Waals surface area contributed by atoms with Crippen LogP contribution in [0.2, 0.25) is 5.02 Å². The second-order valence-electron chi connectivity index (χ2n) is 10.2. The lowest BCUT2D eigenvalue weighted by molar-refractivity contribution is -0.00570. The Balaban J connectivity index is 1.47. The van der Waals surface area contributed by atoms with Crippen molar-refractivity contribution in [3.05, 3.63) is 123 Å². The second kappa shape index (κ2) is 9.02. The first-order valence-electron chi connectivity index (χ1n) is 12.5. The molecule has 0 aliphatic heterocycles. The molecule has 0 spiro atoms. The van der Waals surface area contributed by atoms with Gasteiger partial charge in [0.25, 0.3) is 0 Å². The van der Waals surface area contributed by atoms with E-state index in [2.05, 4.69) is 22.0 Å². The number of halogens is 1. The molecule has 1 aliphatic rings. The van der Waals surface area contributed by atoms with Gasteiger partial charge in [-0.1, -0.05) is 47.9 Å². The predicted octanol–water partition coefficient (Wildman–Crippen LogP) is 5.82. The molecule has 5 aromatic rings. The van der Waals surface area contributed by atoms with E-state index in [-0.39, 0.29) is 5.56 Å². The number of aromatic amines is 1. The number of rotatable bonds is 6. The minimum atomic E-state index is -1.26. The maximum Gasteiger partial charge on any atom is 0.249 e. The number of hydrogen-bond acceptors (Lipinski definition) is 3. The van der Waals surface area contributed by atoms with Crippen molar-refractivity contribution in [3.8, 4) is 23.5 Å². The van der Waals surface area contributed by atoms with Gasteiger partial charge in [-0.3, -0.25) is 4.79 Å². The van der Waals surface area contributed by atoms with Crippen LogP contribution in [0.25, 0.3) is 22.0 Å². The summed E-state index contributed by atoms with van der Waals surface area (Å²) in [4.78, 5) is 19.8. The third-order valence-corrected chi connectivity index (χ3v) is 8.11. The molecule has 0 saturated heterocycles. The lowest BCUT2D eigenvalue weighted by Gasteiger charge is -2.38. The zero-order valence-electron chi connectivity index (χ0n) is 20.9. The highest BCUT2D eigenvalue weighted by atomic mass is 35.5. The monoisotopic (exact) mass is 519 g/mol. The lowest BCUT2D eigenvalue weighted by atomic mass is 9.73. The number of hydrogen-bond donors (Lipinski definition) is 2. The third-order valence-electron chi connectivity index (χ3n) is 7.86. The number of terminal acetylenes is 1. The molecule has 0 radical (unpaired) electrons. The lowest BCUT2D eigenvalue weighted by Crippen LogP contribution is -2.41. The summed E-state index contributed by atoms with van der Waals surface area (Å²) in [5, 5.41) is 14.1. The van der Waals surface area contributed by atoms with E-state index in [4.69, 9.17) is 18.0 Å². The second-order valence-corrected chi connectivity index (χ2v) is 10.7. The molecule has 5 nitrogen and oxygen atoms in total. The summed E-state index contributed by atoms with van der Waals surface area (Å²) in [5.74, 6) is 2.67. The standard InChI is InChI=1S/C32H26ClN3O2/c1-3-21-5-4-6-23(15-21)26-17-30(37)35-28-12-7-22(16-27(26)28)18-31(13-14-31)32(38,29-19-34-20-36(29)2)24-8-10-25(33)11-9-24/h1,4-12,15-17,19-20,38H,13-14,18H2,2H3,(H,35,37). The predicted molar refractivity (Wildman–Crippen MR) is 151 cm³/mol. The van der Waals surface area contributed by atoms with Gasteiger partial charge in [0.05, 0.1) is 18.2 Å². The van der Waals surface area contributed by atoms with Crippen LogP contribution in [0.1, 0.15) is 35.2 Å². The zero-order valence-corrected chi connectivity index (χ0v) is 21.7. The van der Waals surface area contributed by atoms with Crippen LogP contribution in [-0.2, 0) is 19.1 Å².